The Balaban J connectivity index is 1.69. The number of aryl methyl sites for hydroxylation is 1. The van der Waals surface area contributed by atoms with Crippen molar-refractivity contribution in [2.75, 3.05) is 5.32 Å². The molecule has 0 saturated carbocycles. The molecule has 0 aliphatic rings. The number of carbonyl (C=O) groups excluding carboxylic acids is 1. The van der Waals surface area contributed by atoms with Crippen LogP contribution in [0.15, 0.2) is 47.1 Å². The van der Waals surface area contributed by atoms with Gasteiger partial charge in [-0.3, -0.25) is 9.48 Å². The van der Waals surface area contributed by atoms with Crippen molar-refractivity contribution in [1.82, 2.24) is 9.78 Å². The third-order valence-corrected chi connectivity index (χ3v) is 3.79. The van der Waals surface area contributed by atoms with Gasteiger partial charge in [-0.05, 0) is 36.8 Å². The molecule has 0 fully saturated rings. The van der Waals surface area contributed by atoms with Crippen molar-refractivity contribution in [3.8, 4) is 0 Å². The molecule has 0 spiro atoms. The van der Waals surface area contributed by atoms with E-state index in [0.717, 1.165) is 5.56 Å². The molecular weight excluding hydrogens is 337 g/mol. The number of rotatable bonds is 4. The van der Waals surface area contributed by atoms with Crippen molar-refractivity contribution in [1.29, 1.82) is 0 Å². The first-order valence-electron chi connectivity index (χ1n) is 6.85. The summed E-state index contributed by atoms with van der Waals surface area (Å²) in [4.78, 5) is 12.0. The number of furan rings is 1. The predicted molar refractivity (Wildman–Crippen MR) is 89.2 cm³/mol. The molecule has 1 N–H and O–H groups in total. The Labute approximate surface area is 142 Å². The van der Waals surface area contributed by atoms with E-state index in [9.17, 15) is 4.79 Å². The number of nitrogens with zero attached hydrogens (tertiary/aromatic N) is 2. The van der Waals surface area contributed by atoms with E-state index < -0.39 is 0 Å². The standard InChI is InChI=1S/C16H13Cl2N3O2/c1-10-2-5-15(23-10)16(22)20-13-7-19-21(9-13)8-11-3-4-12(17)6-14(11)18/h2-7,9H,8H2,1H3,(H,20,22). The van der Waals surface area contributed by atoms with E-state index in [0.29, 0.717) is 28.0 Å². The molecule has 0 aliphatic carbocycles. The third kappa shape index (κ3) is 3.75. The van der Waals surface area contributed by atoms with Crippen LogP contribution in [0.1, 0.15) is 21.9 Å². The first-order valence-corrected chi connectivity index (χ1v) is 7.61. The van der Waals surface area contributed by atoms with Crippen LogP contribution in [0.25, 0.3) is 0 Å². The quantitative estimate of drug-likeness (QED) is 0.759. The van der Waals surface area contributed by atoms with Gasteiger partial charge in [0.25, 0.3) is 5.91 Å². The van der Waals surface area contributed by atoms with E-state index in [1.807, 2.05) is 6.07 Å². The van der Waals surface area contributed by atoms with E-state index >= 15 is 0 Å². The molecule has 23 heavy (non-hydrogen) atoms. The van der Waals surface area contributed by atoms with Crippen LogP contribution in [0, 0.1) is 6.92 Å². The molecule has 0 saturated heterocycles. The van der Waals surface area contributed by atoms with Gasteiger partial charge >= 0.3 is 0 Å². The van der Waals surface area contributed by atoms with Gasteiger partial charge in [0.15, 0.2) is 5.76 Å². The van der Waals surface area contributed by atoms with Gasteiger partial charge in [-0.1, -0.05) is 29.3 Å². The molecule has 0 unspecified atom stereocenters. The highest BCUT2D eigenvalue weighted by molar-refractivity contribution is 6.35. The molecular formula is C16H13Cl2N3O2. The Bertz CT molecular complexity index is 855. The zero-order valence-electron chi connectivity index (χ0n) is 12.2. The summed E-state index contributed by atoms with van der Waals surface area (Å²) in [5.74, 6) is 0.626. The number of amides is 1. The van der Waals surface area contributed by atoms with Crippen LogP contribution in [0.3, 0.4) is 0 Å². The van der Waals surface area contributed by atoms with Crippen molar-refractivity contribution in [2.45, 2.75) is 13.5 Å². The second-order valence-electron chi connectivity index (χ2n) is 5.03. The Hall–Kier alpha value is -2.24. The number of hydrogen-bond donors (Lipinski definition) is 1. The lowest BCUT2D eigenvalue weighted by molar-refractivity contribution is 0.0995. The third-order valence-electron chi connectivity index (χ3n) is 3.20. The summed E-state index contributed by atoms with van der Waals surface area (Å²) in [6, 6.07) is 8.66. The maximum absolute atomic E-state index is 12.0. The molecule has 1 amide bonds. The van der Waals surface area contributed by atoms with E-state index in [1.54, 1.807) is 48.3 Å². The van der Waals surface area contributed by atoms with Crippen molar-refractivity contribution in [3.63, 3.8) is 0 Å². The van der Waals surface area contributed by atoms with Crippen molar-refractivity contribution >= 4 is 34.8 Å². The zero-order chi connectivity index (χ0) is 16.4. The Morgan fingerprint density at radius 2 is 2.13 bits per heavy atom. The molecule has 5 nitrogen and oxygen atoms in total. The summed E-state index contributed by atoms with van der Waals surface area (Å²) in [5, 5.41) is 8.10. The Morgan fingerprint density at radius 1 is 1.30 bits per heavy atom. The number of halogens is 2. The van der Waals surface area contributed by atoms with Gasteiger partial charge in [0.1, 0.15) is 5.76 Å². The van der Waals surface area contributed by atoms with Crippen LogP contribution >= 0.6 is 23.2 Å². The average molecular weight is 350 g/mol. The van der Waals surface area contributed by atoms with Crippen LogP contribution in [-0.2, 0) is 6.54 Å². The summed E-state index contributed by atoms with van der Waals surface area (Å²) in [6.07, 6.45) is 3.29. The van der Waals surface area contributed by atoms with E-state index in [1.165, 1.54) is 0 Å². The molecule has 0 atom stereocenters. The molecule has 118 valence electrons. The van der Waals surface area contributed by atoms with Gasteiger partial charge in [0.05, 0.1) is 18.4 Å². The highest BCUT2D eigenvalue weighted by atomic mass is 35.5. The highest BCUT2D eigenvalue weighted by Gasteiger charge is 2.11. The maximum atomic E-state index is 12.0. The molecule has 3 aromatic rings. The second kappa shape index (κ2) is 6.48. The smallest absolute Gasteiger partial charge is 0.291 e. The van der Waals surface area contributed by atoms with Crippen LogP contribution in [-0.4, -0.2) is 15.7 Å². The van der Waals surface area contributed by atoms with Crippen LogP contribution in [0.5, 0.6) is 0 Å². The second-order valence-corrected chi connectivity index (χ2v) is 5.87. The largest absolute Gasteiger partial charge is 0.456 e. The summed E-state index contributed by atoms with van der Waals surface area (Å²) in [6.45, 7) is 2.26. The van der Waals surface area contributed by atoms with Gasteiger partial charge in [-0.25, -0.2) is 0 Å². The fourth-order valence-corrected chi connectivity index (χ4v) is 2.56. The summed E-state index contributed by atoms with van der Waals surface area (Å²) in [5.41, 5.74) is 1.47. The van der Waals surface area contributed by atoms with E-state index in [2.05, 4.69) is 10.4 Å². The average Bonchev–Trinajstić information content (AvgIpc) is 3.11. The van der Waals surface area contributed by atoms with Crippen molar-refractivity contribution in [3.05, 3.63) is 69.9 Å². The summed E-state index contributed by atoms with van der Waals surface area (Å²) >= 11 is 12.0. The molecule has 2 aromatic heterocycles. The van der Waals surface area contributed by atoms with E-state index in [-0.39, 0.29) is 11.7 Å². The Morgan fingerprint density at radius 3 is 2.83 bits per heavy atom. The molecule has 3 rings (SSSR count). The minimum Gasteiger partial charge on any atom is -0.456 e. The van der Waals surface area contributed by atoms with Gasteiger partial charge in [-0.15, -0.1) is 0 Å². The fourth-order valence-electron chi connectivity index (χ4n) is 2.09. The van der Waals surface area contributed by atoms with Crippen molar-refractivity contribution < 1.29 is 9.21 Å². The number of hydrogen-bond acceptors (Lipinski definition) is 3. The van der Waals surface area contributed by atoms with E-state index in [4.69, 9.17) is 27.6 Å². The van der Waals surface area contributed by atoms with Crippen LogP contribution < -0.4 is 5.32 Å². The number of anilines is 1. The minimum absolute atomic E-state index is 0.260. The summed E-state index contributed by atoms with van der Waals surface area (Å²) in [7, 11) is 0. The first-order chi connectivity index (χ1) is 11.0. The van der Waals surface area contributed by atoms with Gasteiger partial charge in [0.2, 0.25) is 0 Å². The lowest BCUT2D eigenvalue weighted by atomic mass is 10.2. The number of carbonyl (C=O) groups is 1. The van der Waals surface area contributed by atoms with Gasteiger partial charge in [0, 0.05) is 16.2 Å². The van der Waals surface area contributed by atoms with Crippen LogP contribution in [0.4, 0.5) is 5.69 Å². The predicted octanol–water partition coefficient (Wildman–Crippen LogP) is 4.39. The normalized spacial score (nSPS) is 10.7. The van der Waals surface area contributed by atoms with Gasteiger partial charge < -0.3 is 9.73 Å². The lowest BCUT2D eigenvalue weighted by Crippen LogP contribution is -2.10. The molecule has 2 heterocycles. The number of aromatic nitrogens is 2. The first kappa shape index (κ1) is 15.6. The maximum Gasteiger partial charge on any atom is 0.291 e. The highest BCUT2D eigenvalue weighted by Crippen LogP contribution is 2.22. The fraction of sp³-hybridized carbons (Fsp3) is 0.125. The Kier molecular flexibility index (Phi) is 4.41. The molecule has 7 heteroatoms. The zero-order valence-corrected chi connectivity index (χ0v) is 13.7. The number of benzene rings is 1. The van der Waals surface area contributed by atoms with Crippen LogP contribution in [0.2, 0.25) is 10.0 Å². The molecule has 0 radical (unpaired) electrons. The SMILES string of the molecule is Cc1ccc(C(=O)Nc2cnn(Cc3ccc(Cl)cc3Cl)c2)o1. The molecule has 1 aromatic carbocycles. The lowest BCUT2D eigenvalue weighted by Gasteiger charge is -2.05. The molecule has 0 aliphatic heterocycles. The molecule has 0 bridgehead atoms. The monoisotopic (exact) mass is 349 g/mol. The number of nitrogens with one attached hydrogen (secondary N) is 1. The summed E-state index contributed by atoms with van der Waals surface area (Å²) < 4.78 is 6.96. The van der Waals surface area contributed by atoms with Crippen molar-refractivity contribution in [2.24, 2.45) is 0 Å². The van der Waals surface area contributed by atoms with Gasteiger partial charge in [-0.2, -0.15) is 5.10 Å². The topological polar surface area (TPSA) is 60.1 Å². The minimum atomic E-state index is -0.317.